The number of carbonyl (C=O) groups excluding carboxylic acids is 2. The topological polar surface area (TPSA) is 40.6 Å². The van der Waals surface area contributed by atoms with Crippen molar-refractivity contribution in [2.24, 2.45) is 0 Å². The molecule has 2 aromatic carbocycles. The smallest absolute Gasteiger partial charge is 0.247 e. The Hall–Kier alpha value is -3.18. The molecule has 0 radical (unpaired) electrons. The third-order valence-corrected chi connectivity index (χ3v) is 8.01. The average Bonchev–Trinajstić information content (AvgIpc) is 3.38. The second-order valence-corrected chi connectivity index (χ2v) is 11.8. The van der Waals surface area contributed by atoms with Crippen molar-refractivity contribution in [1.82, 2.24) is 9.80 Å². The van der Waals surface area contributed by atoms with Crippen molar-refractivity contribution in [2.45, 2.75) is 58.4 Å². The number of benzene rings is 2. The molecule has 2 heterocycles. The van der Waals surface area contributed by atoms with E-state index in [0.29, 0.717) is 13.1 Å². The Morgan fingerprint density at radius 1 is 1.05 bits per heavy atom. The number of thiophene rings is 1. The van der Waals surface area contributed by atoms with E-state index in [9.17, 15) is 9.59 Å². The fourth-order valence-electron chi connectivity index (χ4n) is 4.82. The minimum Gasteiger partial charge on any atom is -0.330 e. The quantitative estimate of drug-likeness (QED) is 0.308. The van der Waals surface area contributed by atoms with E-state index in [4.69, 9.17) is 0 Å². The van der Waals surface area contributed by atoms with E-state index in [2.05, 4.69) is 63.4 Å². The third kappa shape index (κ3) is 6.58. The van der Waals surface area contributed by atoms with Crippen LogP contribution in [-0.4, -0.2) is 41.2 Å². The molecule has 0 saturated carbocycles. The van der Waals surface area contributed by atoms with Crippen molar-refractivity contribution in [2.75, 3.05) is 19.6 Å². The van der Waals surface area contributed by atoms with E-state index in [-0.39, 0.29) is 29.8 Å². The zero-order valence-electron chi connectivity index (χ0n) is 22.4. The first-order chi connectivity index (χ1) is 17.8. The Labute approximate surface area is 225 Å². The summed E-state index contributed by atoms with van der Waals surface area (Å²) in [5.41, 5.74) is 4.65. The zero-order valence-corrected chi connectivity index (χ0v) is 23.3. The molecule has 0 bridgehead atoms. The molecule has 37 heavy (non-hydrogen) atoms. The van der Waals surface area contributed by atoms with E-state index in [1.807, 2.05) is 41.3 Å². The molecule has 1 aromatic heterocycles. The number of rotatable bonds is 8. The molecule has 194 valence electrons. The highest BCUT2D eigenvalue weighted by molar-refractivity contribution is 7.10. The normalized spacial score (nSPS) is 15.6. The maximum absolute atomic E-state index is 13.8. The maximum Gasteiger partial charge on any atom is 0.247 e. The molecular weight excluding hydrogens is 476 g/mol. The van der Waals surface area contributed by atoms with Crippen LogP contribution in [-0.2, 0) is 21.4 Å². The fraction of sp³-hybridized carbons (Fsp3) is 0.375. The molecule has 3 aromatic rings. The van der Waals surface area contributed by atoms with Gasteiger partial charge in [0.15, 0.2) is 0 Å². The summed E-state index contributed by atoms with van der Waals surface area (Å²) in [6.07, 6.45) is 6.10. The van der Waals surface area contributed by atoms with Crippen LogP contribution in [0.1, 0.15) is 73.7 Å². The van der Waals surface area contributed by atoms with Gasteiger partial charge in [0.25, 0.3) is 0 Å². The van der Waals surface area contributed by atoms with Gasteiger partial charge in [0.05, 0.1) is 6.04 Å². The van der Waals surface area contributed by atoms with Gasteiger partial charge in [-0.15, -0.1) is 11.3 Å². The summed E-state index contributed by atoms with van der Waals surface area (Å²) in [5.74, 6) is -0.121. The average molecular weight is 515 g/mol. The van der Waals surface area contributed by atoms with Crippen LogP contribution in [0.4, 0.5) is 0 Å². The van der Waals surface area contributed by atoms with E-state index >= 15 is 0 Å². The minimum atomic E-state index is -0.125. The molecule has 0 spiro atoms. The second kappa shape index (κ2) is 11.9. The van der Waals surface area contributed by atoms with E-state index < -0.39 is 0 Å². The molecule has 1 atom stereocenters. The Bertz CT molecular complexity index is 1220. The highest BCUT2D eigenvalue weighted by Crippen LogP contribution is 2.38. The summed E-state index contributed by atoms with van der Waals surface area (Å²) in [5, 5.41) is 2.13. The molecule has 4 nitrogen and oxygen atoms in total. The van der Waals surface area contributed by atoms with Crippen molar-refractivity contribution in [1.29, 1.82) is 0 Å². The van der Waals surface area contributed by atoms with Gasteiger partial charge in [0.1, 0.15) is 6.54 Å². The molecule has 0 fully saturated rings. The highest BCUT2D eigenvalue weighted by atomic mass is 32.1. The lowest BCUT2D eigenvalue weighted by atomic mass is 9.85. The van der Waals surface area contributed by atoms with Crippen molar-refractivity contribution in [3.63, 3.8) is 0 Å². The van der Waals surface area contributed by atoms with E-state index in [0.717, 1.165) is 30.4 Å². The van der Waals surface area contributed by atoms with Crippen LogP contribution >= 0.6 is 11.3 Å². The van der Waals surface area contributed by atoms with Gasteiger partial charge in [0, 0.05) is 24.0 Å². The molecule has 0 aliphatic carbocycles. The van der Waals surface area contributed by atoms with Gasteiger partial charge in [-0.1, -0.05) is 88.7 Å². The van der Waals surface area contributed by atoms with Crippen LogP contribution in [0.15, 0.2) is 72.1 Å². The summed E-state index contributed by atoms with van der Waals surface area (Å²) in [7, 11) is 0. The van der Waals surface area contributed by atoms with Crippen molar-refractivity contribution < 1.29 is 9.59 Å². The summed E-state index contributed by atoms with van der Waals surface area (Å²) in [4.78, 5) is 32.0. The fourth-order valence-corrected chi connectivity index (χ4v) is 5.72. The number of hydrogen-bond acceptors (Lipinski definition) is 3. The molecule has 2 amide bonds. The van der Waals surface area contributed by atoms with Crippen molar-refractivity contribution >= 4 is 29.2 Å². The molecular formula is C32H38N2O2S. The third-order valence-electron chi connectivity index (χ3n) is 7.02. The van der Waals surface area contributed by atoms with Crippen LogP contribution < -0.4 is 0 Å². The van der Waals surface area contributed by atoms with Crippen LogP contribution in [0.2, 0.25) is 0 Å². The molecule has 0 unspecified atom stereocenters. The first kappa shape index (κ1) is 26.9. The number of carbonyl (C=O) groups is 2. The summed E-state index contributed by atoms with van der Waals surface area (Å²) >= 11 is 1.77. The molecule has 5 heteroatoms. The first-order valence-corrected chi connectivity index (χ1v) is 14.1. The number of fused-ring (bicyclic) bond motifs is 1. The molecule has 4 rings (SSSR count). The van der Waals surface area contributed by atoms with Gasteiger partial charge in [-0.25, -0.2) is 0 Å². The standard InChI is InChI=1S/C32H38N2O2S/c1-5-6-20-33(29(35)17-12-24-10-8-7-9-11-24)23-30(36)34-21-18-28-27(19-22-37-28)31(34)25-13-15-26(16-14-25)32(2,3)4/h7-17,19,22,31H,5-6,18,20-21,23H2,1-4H3/b17-12+/t31-/m1/s1. The predicted molar refractivity (Wildman–Crippen MR) is 154 cm³/mol. The van der Waals surface area contributed by atoms with E-state index in [1.54, 1.807) is 22.3 Å². The monoisotopic (exact) mass is 514 g/mol. The second-order valence-electron chi connectivity index (χ2n) is 10.8. The lowest BCUT2D eigenvalue weighted by Crippen LogP contribution is -2.46. The van der Waals surface area contributed by atoms with Gasteiger partial charge < -0.3 is 9.80 Å². The molecule has 1 aliphatic rings. The van der Waals surface area contributed by atoms with Crippen molar-refractivity contribution in [3.8, 4) is 0 Å². The van der Waals surface area contributed by atoms with Crippen LogP contribution in [0.3, 0.4) is 0 Å². The molecule has 1 aliphatic heterocycles. The Kier molecular flexibility index (Phi) is 8.65. The van der Waals surface area contributed by atoms with Crippen LogP contribution in [0.25, 0.3) is 6.08 Å². The molecule has 0 N–H and O–H groups in total. The van der Waals surface area contributed by atoms with Gasteiger partial charge in [-0.3, -0.25) is 9.59 Å². The summed E-state index contributed by atoms with van der Waals surface area (Å²) < 4.78 is 0. The van der Waals surface area contributed by atoms with Gasteiger partial charge in [-0.2, -0.15) is 0 Å². The maximum atomic E-state index is 13.8. The summed E-state index contributed by atoms with van der Waals surface area (Å²) in [6, 6.07) is 20.5. The zero-order chi connectivity index (χ0) is 26.4. The van der Waals surface area contributed by atoms with Crippen molar-refractivity contribution in [3.05, 3.63) is 99.3 Å². The molecule has 0 saturated heterocycles. The predicted octanol–water partition coefficient (Wildman–Crippen LogP) is 6.86. The van der Waals surface area contributed by atoms with Gasteiger partial charge in [-0.05, 0) is 58.0 Å². The van der Waals surface area contributed by atoms with Gasteiger partial charge in [0.2, 0.25) is 11.8 Å². The number of nitrogens with zero attached hydrogens (tertiary/aromatic N) is 2. The Morgan fingerprint density at radius 3 is 2.46 bits per heavy atom. The Balaban J connectivity index is 1.57. The minimum absolute atomic E-state index is 0.000637. The van der Waals surface area contributed by atoms with Crippen LogP contribution in [0.5, 0.6) is 0 Å². The lowest BCUT2D eigenvalue weighted by molar-refractivity contribution is -0.139. The van der Waals surface area contributed by atoms with Gasteiger partial charge >= 0.3 is 0 Å². The SMILES string of the molecule is CCCCN(CC(=O)N1CCc2sccc2[C@H]1c1ccc(C(C)(C)C)cc1)C(=O)/C=C/c1ccccc1. The lowest BCUT2D eigenvalue weighted by Gasteiger charge is -2.37. The Morgan fingerprint density at radius 2 is 1.78 bits per heavy atom. The largest absolute Gasteiger partial charge is 0.330 e. The number of unbranched alkanes of at least 4 members (excludes halogenated alkanes) is 1. The highest BCUT2D eigenvalue weighted by Gasteiger charge is 2.34. The first-order valence-electron chi connectivity index (χ1n) is 13.3. The summed E-state index contributed by atoms with van der Waals surface area (Å²) in [6.45, 7) is 10.1. The number of amides is 2. The number of hydrogen-bond donors (Lipinski definition) is 0. The van der Waals surface area contributed by atoms with Crippen LogP contribution in [0, 0.1) is 0 Å². The van der Waals surface area contributed by atoms with E-state index in [1.165, 1.54) is 16.0 Å².